The molecule has 3 nitrogen and oxygen atoms in total. The van der Waals surface area contributed by atoms with E-state index in [0.717, 1.165) is 19.3 Å². The number of nitrogens with one attached hydrogen (secondary N) is 1. The van der Waals surface area contributed by atoms with Crippen LogP contribution in [0.5, 0.6) is 0 Å². The van der Waals surface area contributed by atoms with Gasteiger partial charge < -0.3 is 0 Å². The molecule has 66 valence electrons. The third-order valence-corrected chi connectivity index (χ3v) is 2.25. The van der Waals surface area contributed by atoms with Gasteiger partial charge in [0.05, 0.1) is 5.92 Å². The van der Waals surface area contributed by atoms with E-state index in [0.29, 0.717) is 5.57 Å². The van der Waals surface area contributed by atoms with E-state index in [1.807, 2.05) is 6.08 Å². The van der Waals surface area contributed by atoms with E-state index in [-0.39, 0.29) is 30.1 Å². The van der Waals surface area contributed by atoms with Gasteiger partial charge in [0.2, 0.25) is 5.91 Å². The highest BCUT2D eigenvalue weighted by atomic mass is 35.5. The Hall–Kier alpha value is -0.830. The molecule has 2 aliphatic rings. The van der Waals surface area contributed by atoms with Gasteiger partial charge in [-0.1, -0.05) is 6.08 Å². The molecule has 1 unspecified atom stereocenters. The highest BCUT2D eigenvalue weighted by Crippen LogP contribution is 2.28. The standard InChI is InChI=1S/C8H9NO2.ClH/c10-7-5-3-1-2-4-6(5)8(11)9-7;/h3,6H,1-2,4H2,(H,9,10,11);1H. The van der Waals surface area contributed by atoms with Crippen molar-refractivity contribution < 1.29 is 9.59 Å². The minimum absolute atomic E-state index is 0. The summed E-state index contributed by atoms with van der Waals surface area (Å²) in [7, 11) is 0. The molecule has 0 aromatic heterocycles. The van der Waals surface area contributed by atoms with E-state index in [1.165, 1.54) is 0 Å². The van der Waals surface area contributed by atoms with Gasteiger partial charge in [-0.05, 0) is 19.3 Å². The van der Waals surface area contributed by atoms with Crippen molar-refractivity contribution in [2.75, 3.05) is 0 Å². The molecule has 1 aliphatic carbocycles. The van der Waals surface area contributed by atoms with Crippen LogP contribution in [-0.4, -0.2) is 11.8 Å². The summed E-state index contributed by atoms with van der Waals surface area (Å²) >= 11 is 0. The van der Waals surface area contributed by atoms with Gasteiger partial charge in [-0.25, -0.2) is 0 Å². The molecule has 1 fully saturated rings. The number of hydrogen-bond acceptors (Lipinski definition) is 2. The molecular weight excluding hydrogens is 178 g/mol. The minimum Gasteiger partial charge on any atom is -0.292 e. The summed E-state index contributed by atoms with van der Waals surface area (Å²) in [5.74, 6) is -0.420. The molecule has 2 rings (SSSR count). The van der Waals surface area contributed by atoms with Crippen molar-refractivity contribution in [2.45, 2.75) is 19.3 Å². The normalized spacial score (nSPS) is 27.0. The Bertz CT molecular complexity index is 260. The van der Waals surface area contributed by atoms with Crippen LogP contribution in [-0.2, 0) is 9.59 Å². The maximum Gasteiger partial charge on any atom is 0.254 e. The molecule has 1 heterocycles. The zero-order chi connectivity index (χ0) is 7.84. The molecule has 0 aromatic rings. The highest BCUT2D eigenvalue weighted by Gasteiger charge is 2.36. The maximum absolute atomic E-state index is 11.0. The lowest BCUT2D eigenvalue weighted by molar-refractivity contribution is -0.125. The second-order valence-corrected chi connectivity index (χ2v) is 2.96. The van der Waals surface area contributed by atoms with Crippen LogP contribution in [0.4, 0.5) is 0 Å². The Balaban J connectivity index is 0.000000720. The average Bonchev–Trinajstić information content (AvgIpc) is 2.30. The first-order chi connectivity index (χ1) is 5.29. The zero-order valence-corrected chi connectivity index (χ0v) is 7.32. The van der Waals surface area contributed by atoms with Crippen molar-refractivity contribution in [1.82, 2.24) is 5.32 Å². The second-order valence-electron chi connectivity index (χ2n) is 2.96. The molecule has 4 heteroatoms. The van der Waals surface area contributed by atoms with Crippen molar-refractivity contribution in [1.29, 1.82) is 0 Å². The van der Waals surface area contributed by atoms with E-state index in [9.17, 15) is 9.59 Å². The Morgan fingerprint density at radius 3 is 2.83 bits per heavy atom. The summed E-state index contributed by atoms with van der Waals surface area (Å²) in [6, 6.07) is 0. The smallest absolute Gasteiger partial charge is 0.254 e. The van der Waals surface area contributed by atoms with E-state index in [4.69, 9.17) is 0 Å². The third-order valence-electron chi connectivity index (χ3n) is 2.25. The number of halogens is 1. The number of imide groups is 1. The fourth-order valence-corrected chi connectivity index (χ4v) is 1.67. The molecular formula is C8H10ClNO2. The monoisotopic (exact) mass is 187 g/mol. The Labute approximate surface area is 76.6 Å². The SMILES string of the molecule is Cl.O=C1NC(=O)C2CCCC=C12. The van der Waals surface area contributed by atoms with Gasteiger partial charge in [0, 0.05) is 5.57 Å². The van der Waals surface area contributed by atoms with Crippen molar-refractivity contribution >= 4 is 24.2 Å². The average molecular weight is 188 g/mol. The number of carbonyl (C=O) groups excluding carboxylic acids is 2. The summed E-state index contributed by atoms with van der Waals surface area (Å²) < 4.78 is 0. The maximum atomic E-state index is 11.0. The molecule has 0 aromatic carbocycles. The van der Waals surface area contributed by atoms with Crippen molar-refractivity contribution in [3.8, 4) is 0 Å². The van der Waals surface area contributed by atoms with Gasteiger partial charge in [0.25, 0.3) is 5.91 Å². The van der Waals surface area contributed by atoms with Gasteiger partial charge in [-0.3, -0.25) is 14.9 Å². The fraction of sp³-hybridized carbons (Fsp3) is 0.500. The quantitative estimate of drug-likeness (QED) is 0.570. The van der Waals surface area contributed by atoms with Crippen LogP contribution in [0.1, 0.15) is 19.3 Å². The first kappa shape index (κ1) is 9.26. The van der Waals surface area contributed by atoms with Gasteiger partial charge in [-0.2, -0.15) is 0 Å². The van der Waals surface area contributed by atoms with E-state index in [1.54, 1.807) is 0 Å². The molecule has 0 saturated carbocycles. The van der Waals surface area contributed by atoms with E-state index < -0.39 is 0 Å². The summed E-state index contributed by atoms with van der Waals surface area (Å²) in [6.45, 7) is 0. The Morgan fingerprint density at radius 2 is 2.17 bits per heavy atom. The second kappa shape index (κ2) is 3.27. The summed E-state index contributed by atoms with van der Waals surface area (Å²) in [4.78, 5) is 22.1. The predicted octanol–water partition coefficient (Wildman–Crippen LogP) is 0.791. The van der Waals surface area contributed by atoms with Crippen molar-refractivity contribution in [3.05, 3.63) is 11.6 Å². The number of hydrogen-bond donors (Lipinski definition) is 1. The minimum atomic E-state index is -0.181. The summed E-state index contributed by atoms with van der Waals surface area (Å²) in [5, 5.41) is 2.31. The number of allylic oxidation sites excluding steroid dienone is 1. The lowest BCUT2D eigenvalue weighted by atomic mass is 9.90. The number of rotatable bonds is 0. The molecule has 1 atom stereocenters. The van der Waals surface area contributed by atoms with Crippen LogP contribution in [0, 0.1) is 5.92 Å². The number of amides is 2. The molecule has 1 saturated heterocycles. The molecule has 0 spiro atoms. The topological polar surface area (TPSA) is 46.2 Å². The third kappa shape index (κ3) is 1.25. The molecule has 0 bridgehead atoms. The van der Waals surface area contributed by atoms with Crippen LogP contribution < -0.4 is 5.32 Å². The Kier molecular flexibility index (Phi) is 2.52. The molecule has 12 heavy (non-hydrogen) atoms. The zero-order valence-electron chi connectivity index (χ0n) is 6.50. The van der Waals surface area contributed by atoms with Crippen molar-refractivity contribution in [2.24, 2.45) is 5.92 Å². The van der Waals surface area contributed by atoms with Crippen LogP contribution in [0.3, 0.4) is 0 Å². The van der Waals surface area contributed by atoms with Crippen molar-refractivity contribution in [3.63, 3.8) is 0 Å². The van der Waals surface area contributed by atoms with Crippen LogP contribution in [0.2, 0.25) is 0 Å². The van der Waals surface area contributed by atoms with Crippen LogP contribution >= 0.6 is 12.4 Å². The Morgan fingerprint density at radius 1 is 1.42 bits per heavy atom. The van der Waals surface area contributed by atoms with E-state index in [2.05, 4.69) is 5.32 Å². The lowest BCUT2D eigenvalue weighted by Gasteiger charge is -2.11. The molecule has 1 aliphatic heterocycles. The largest absolute Gasteiger partial charge is 0.292 e. The van der Waals surface area contributed by atoms with Crippen LogP contribution in [0.15, 0.2) is 11.6 Å². The molecule has 0 radical (unpaired) electrons. The predicted molar refractivity (Wildman–Crippen MR) is 45.8 cm³/mol. The van der Waals surface area contributed by atoms with E-state index >= 15 is 0 Å². The first-order valence-electron chi connectivity index (χ1n) is 3.84. The van der Waals surface area contributed by atoms with Gasteiger partial charge in [0.1, 0.15) is 0 Å². The molecule has 2 amide bonds. The van der Waals surface area contributed by atoms with Gasteiger partial charge in [-0.15, -0.1) is 12.4 Å². The first-order valence-corrected chi connectivity index (χ1v) is 3.84. The highest BCUT2D eigenvalue weighted by molar-refractivity contribution is 6.14. The van der Waals surface area contributed by atoms with Gasteiger partial charge in [0.15, 0.2) is 0 Å². The van der Waals surface area contributed by atoms with Gasteiger partial charge >= 0.3 is 0 Å². The van der Waals surface area contributed by atoms with Crippen LogP contribution in [0.25, 0.3) is 0 Å². The number of fused-ring (bicyclic) bond motifs is 1. The summed E-state index contributed by atoms with van der Waals surface area (Å²) in [5.41, 5.74) is 0.696. The molecule has 1 N–H and O–H groups in total. The fourth-order valence-electron chi connectivity index (χ4n) is 1.67. The number of carbonyl (C=O) groups is 2. The summed E-state index contributed by atoms with van der Waals surface area (Å²) in [6.07, 6.45) is 4.68. The lowest BCUT2D eigenvalue weighted by Crippen LogP contribution is -2.21.